The van der Waals surface area contributed by atoms with Gasteiger partial charge in [-0.1, -0.05) is 11.6 Å². The SMILES string of the molecule is COc1ccc(Cl)cc1NC(=O)C[C@H]([NH2+]CCOCCO)C(=O)[O-]. The lowest BCUT2D eigenvalue weighted by molar-refractivity contribution is -0.683. The van der Waals surface area contributed by atoms with Gasteiger partial charge in [0.15, 0.2) is 0 Å². The van der Waals surface area contributed by atoms with Crippen molar-refractivity contribution in [2.75, 3.05) is 38.8 Å². The molecule has 134 valence electrons. The average Bonchev–Trinajstić information content (AvgIpc) is 2.53. The van der Waals surface area contributed by atoms with Crippen LogP contribution in [0.15, 0.2) is 18.2 Å². The Morgan fingerprint density at radius 3 is 2.79 bits per heavy atom. The van der Waals surface area contributed by atoms with E-state index >= 15 is 0 Å². The van der Waals surface area contributed by atoms with E-state index in [1.54, 1.807) is 12.1 Å². The van der Waals surface area contributed by atoms with Gasteiger partial charge in [-0.25, -0.2) is 0 Å². The summed E-state index contributed by atoms with van der Waals surface area (Å²) < 4.78 is 10.1. The highest BCUT2D eigenvalue weighted by atomic mass is 35.5. The number of amides is 1. The van der Waals surface area contributed by atoms with Gasteiger partial charge < -0.3 is 35.1 Å². The van der Waals surface area contributed by atoms with Gasteiger partial charge in [0.05, 0.1) is 51.6 Å². The molecule has 4 N–H and O–H groups in total. The Morgan fingerprint density at radius 1 is 1.42 bits per heavy atom. The maximum Gasteiger partial charge on any atom is 0.230 e. The van der Waals surface area contributed by atoms with E-state index < -0.39 is 17.9 Å². The predicted molar refractivity (Wildman–Crippen MR) is 84.7 cm³/mol. The second-order valence-corrected chi connectivity index (χ2v) is 5.32. The number of carbonyl (C=O) groups excluding carboxylic acids is 2. The molecule has 1 atom stereocenters. The van der Waals surface area contributed by atoms with Crippen molar-refractivity contribution in [3.05, 3.63) is 23.2 Å². The molecule has 0 aromatic heterocycles. The third-order valence-corrected chi connectivity index (χ3v) is 3.33. The highest BCUT2D eigenvalue weighted by molar-refractivity contribution is 6.31. The molecule has 8 nitrogen and oxygen atoms in total. The Balaban J connectivity index is 2.56. The lowest BCUT2D eigenvalue weighted by Crippen LogP contribution is -2.94. The average molecular weight is 361 g/mol. The molecule has 0 aliphatic heterocycles. The number of anilines is 1. The van der Waals surface area contributed by atoms with Crippen LogP contribution in [0, 0.1) is 0 Å². The monoisotopic (exact) mass is 360 g/mol. The van der Waals surface area contributed by atoms with Gasteiger partial charge in [0, 0.05) is 5.02 Å². The van der Waals surface area contributed by atoms with Crippen LogP contribution in [0.3, 0.4) is 0 Å². The van der Waals surface area contributed by atoms with E-state index in [0.717, 1.165) is 0 Å². The number of aliphatic hydroxyl groups excluding tert-OH is 1. The Morgan fingerprint density at radius 2 is 2.17 bits per heavy atom. The van der Waals surface area contributed by atoms with Crippen LogP contribution in [0.2, 0.25) is 5.02 Å². The van der Waals surface area contributed by atoms with Gasteiger partial charge in [-0.3, -0.25) is 4.79 Å². The molecule has 1 amide bonds. The fraction of sp³-hybridized carbons (Fsp3) is 0.467. The number of quaternary nitrogens is 1. The summed E-state index contributed by atoms with van der Waals surface area (Å²) in [5, 5.41) is 24.1. The third kappa shape index (κ3) is 7.14. The first-order valence-electron chi connectivity index (χ1n) is 7.34. The summed E-state index contributed by atoms with van der Waals surface area (Å²) in [5.74, 6) is -1.43. The van der Waals surface area contributed by atoms with E-state index in [-0.39, 0.29) is 26.2 Å². The summed E-state index contributed by atoms with van der Waals surface area (Å²) in [7, 11) is 1.45. The molecule has 0 heterocycles. The van der Waals surface area contributed by atoms with Crippen molar-refractivity contribution >= 4 is 29.2 Å². The van der Waals surface area contributed by atoms with E-state index in [4.69, 9.17) is 26.2 Å². The van der Waals surface area contributed by atoms with Crippen LogP contribution in [0.5, 0.6) is 5.75 Å². The zero-order chi connectivity index (χ0) is 17.9. The molecule has 0 unspecified atom stereocenters. The summed E-state index contributed by atoms with van der Waals surface area (Å²) in [6.45, 7) is 0.660. The maximum absolute atomic E-state index is 12.1. The van der Waals surface area contributed by atoms with Crippen molar-refractivity contribution in [1.82, 2.24) is 0 Å². The van der Waals surface area contributed by atoms with Crippen LogP contribution in [0.25, 0.3) is 0 Å². The Labute approximate surface area is 144 Å². The van der Waals surface area contributed by atoms with Gasteiger partial charge >= 0.3 is 0 Å². The summed E-state index contributed by atoms with van der Waals surface area (Å²) >= 11 is 5.87. The van der Waals surface area contributed by atoms with Crippen molar-refractivity contribution in [2.45, 2.75) is 12.5 Å². The zero-order valence-corrected chi connectivity index (χ0v) is 14.0. The van der Waals surface area contributed by atoms with E-state index in [1.807, 2.05) is 0 Å². The second kappa shape index (κ2) is 10.8. The second-order valence-electron chi connectivity index (χ2n) is 4.88. The number of rotatable bonds is 11. The number of ether oxygens (including phenoxy) is 2. The van der Waals surface area contributed by atoms with Gasteiger partial charge in [-0.15, -0.1) is 0 Å². The highest BCUT2D eigenvalue weighted by Gasteiger charge is 2.19. The summed E-state index contributed by atoms with van der Waals surface area (Å²) in [5.41, 5.74) is 0.360. The van der Waals surface area contributed by atoms with Gasteiger partial charge in [0.2, 0.25) is 5.91 Å². The Bertz CT molecular complexity index is 555. The van der Waals surface area contributed by atoms with Crippen LogP contribution < -0.4 is 20.5 Å². The number of nitrogens with one attached hydrogen (secondary N) is 1. The van der Waals surface area contributed by atoms with Gasteiger partial charge in [0.25, 0.3) is 0 Å². The molecule has 1 rings (SSSR count). The van der Waals surface area contributed by atoms with Crippen molar-refractivity contribution in [1.29, 1.82) is 0 Å². The number of hydrogen-bond acceptors (Lipinski definition) is 6. The lowest BCUT2D eigenvalue weighted by Gasteiger charge is -2.17. The normalized spacial score (nSPS) is 11.8. The van der Waals surface area contributed by atoms with Crippen molar-refractivity contribution in [3.8, 4) is 5.75 Å². The Hall–Kier alpha value is -1.87. The number of carboxylic acids is 1. The minimum absolute atomic E-state index is 0.103. The number of aliphatic carboxylic acids is 1. The first-order chi connectivity index (χ1) is 11.5. The molecule has 0 radical (unpaired) electrons. The minimum atomic E-state index is -1.34. The first-order valence-corrected chi connectivity index (χ1v) is 7.72. The molecule has 0 saturated carbocycles. The highest BCUT2D eigenvalue weighted by Crippen LogP contribution is 2.27. The number of halogens is 1. The van der Waals surface area contributed by atoms with Gasteiger partial charge in [-0.05, 0) is 18.2 Å². The summed E-state index contributed by atoms with van der Waals surface area (Å²) in [4.78, 5) is 23.2. The number of methoxy groups -OCH3 is 1. The van der Waals surface area contributed by atoms with Crippen LogP contribution in [-0.2, 0) is 14.3 Å². The largest absolute Gasteiger partial charge is 0.544 e. The van der Waals surface area contributed by atoms with E-state index in [9.17, 15) is 14.7 Å². The van der Waals surface area contributed by atoms with Crippen LogP contribution in [-0.4, -0.2) is 56.5 Å². The molecule has 24 heavy (non-hydrogen) atoms. The molecular formula is C15H21ClN2O6. The predicted octanol–water partition coefficient (Wildman–Crippen LogP) is -1.63. The molecule has 0 fully saturated rings. The van der Waals surface area contributed by atoms with Crippen molar-refractivity contribution in [2.24, 2.45) is 0 Å². The molecule has 0 saturated heterocycles. The number of nitrogens with two attached hydrogens (primary N) is 1. The summed E-state index contributed by atoms with van der Waals surface area (Å²) in [6.07, 6.45) is -0.280. The lowest BCUT2D eigenvalue weighted by atomic mass is 10.2. The first kappa shape index (κ1) is 20.2. The number of benzene rings is 1. The molecule has 0 spiro atoms. The van der Waals surface area contributed by atoms with E-state index in [0.29, 0.717) is 23.0 Å². The minimum Gasteiger partial charge on any atom is -0.544 e. The molecule has 0 bridgehead atoms. The number of carbonyl (C=O) groups is 2. The Kier molecular flexibility index (Phi) is 9.10. The quantitative estimate of drug-likeness (QED) is 0.407. The summed E-state index contributed by atoms with van der Waals surface area (Å²) in [6, 6.07) is 3.67. The molecule has 0 aliphatic carbocycles. The smallest absolute Gasteiger partial charge is 0.230 e. The van der Waals surface area contributed by atoms with E-state index in [1.165, 1.54) is 18.5 Å². The van der Waals surface area contributed by atoms with Crippen LogP contribution in [0.1, 0.15) is 6.42 Å². The molecule has 1 aromatic rings. The maximum atomic E-state index is 12.1. The fourth-order valence-electron chi connectivity index (χ4n) is 1.96. The fourth-order valence-corrected chi connectivity index (χ4v) is 2.13. The standard InChI is InChI=1S/C15H21ClN2O6/c1-23-13-3-2-10(16)8-11(13)18-14(20)9-12(15(21)22)17-4-6-24-7-5-19/h2-3,8,12,17,19H,4-7,9H2,1H3,(H,18,20)(H,21,22)/t12-/m0/s1. The van der Waals surface area contributed by atoms with Crippen molar-refractivity contribution < 1.29 is 34.6 Å². The van der Waals surface area contributed by atoms with Gasteiger partial charge in [-0.2, -0.15) is 0 Å². The van der Waals surface area contributed by atoms with Crippen LogP contribution >= 0.6 is 11.6 Å². The van der Waals surface area contributed by atoms with Gasteiger partial charge in [0.1, 0.15) is 11.8 Å². The zero-order valence-electron chi connectivity index (χ0n) is 13.3. The molecule has 9 heteroatoms. The molecular weight excluding hydrogens is 340 g/mol. The van der Waals surface area contributed by atoms with Crippen molar-refractivity contribution in [3.63, 3.8) is 0 Å². The molecule has 1 aromatic carbocycles. The number of carboxylic acid groups (broad SMARTS) is 1. The topological polar surface area (TPSA) is 125 Å². The number of aliphatic hydroxyl groups is 1. The number of hydrogen-bond donors (Lipinski definition) is 3. The van der Waals surface area contributed by atoms with Crippen LogP contribution in [0.4, 0.5) is 5.69 Å². The van der Waals surface area contributed by atoms with E-state index in [2.05, 4.69) is 5.32 Å². The third-order valence-electron chi connectivity index (χ3n) is 3.09. The molecule has 0 aliphatic rings.